The van der Waals surface area contributed by atoms with Crippen molar-refractivity contribution in [3.05, 3.63) is 0 Å². The molecule has 0 saturated carbocycles. The van der Waals surface area contributed by atoms with Crippen LogP contribution in [0.4, 0.5) is 4.79 Å². The maximum Gasteiger partial charge on any atom is 0.410 e. The summed E-state index contributed by atoms with van der Waals surface area (Å²) in [6.07, 6.45) is -0.340. The molecule has 0 aliphatic carbocycles. The zero-order chi connectivity index (χ0) is 13.1. The van der Waals surface area contributed by atoms with E-state index in [1.165, 1.54) is 9.21 Å². The Morgan fingerprint density at radius 2 is 2.24 bits per heavy atom. The van der Waals surface area contributed by atoms with Gasteiger partial charge < -0.3 is 18.9 Å². The summed E-state index contributed by atoms with van der Waals surface area (Å²) in [4.78, 5) is 13.5. The lowest BCUT2D eigenvalue weighted by atomic mass is 10.2. The summed E-state index contributed by atoms with van der Waals surface area (Å²) in [6.45, 7) is 6.19. The highest BCUT2D eigenvalue weighted by molar-refractivity contribution is 14.2. The van der Waals surface area contributed by atoms with Crippen LogP contribution < -0.4 is 0 Å². The van der Waals surface area contributed by atoms with Gasteiger partial charge in [0.15, 0.2) is 0 Å². The van der Waals surface area contributed by atoms with E-state index in [4.69, 9.17) is 8.92 Å². The maximum absolute atomic E-state index is 11.9. The molecule has 0 spiro atoms. The van der Waals surface area contributed by atoms with Crippen molar-refractivity contribution in [3.8, 4) is 0 Å². The van der Waals surface area contributed by atoms with Crippen molar-refractivity contribution in [2.45, 2.75) is 44.9 Å². The van der Waals surface area contributed by atoms with Gasteiger partial charge in [-0.2, -0.15) is 0 Å². The number of β-amino-alcohol motifs (C(OH)–C–C–N with tert-alkyl or cyclic N) is 1. The van der Waals surface area contributed by atoms with Crippen LogP contribution in [0.25, 0.3) is 0 Å². The van der Waals surface area contributed by atoms with Crippen molar-refractivity contribution < 1.29 is 18.8 Å². The van der Waals surface area contributed by atoms with E-state index in [0.717, 1.165) is 0 Å². The van der Waals surface area contributed by atoms with Gasteiger partial charge in [0.05, 0.1) is 34.5 Å². The molecule has 0 aromatic rings. The standard InChI is InChI=1S/C10H18INO4S/c1-10(2,3)16-9(14)12-5-8(13)4-7(12)6-15-17-11/h7-8,13H,4-6H2,1-3H3. The topological polar surface area (TPSA) is 59.0 Å². The fraction of sp³-hybridized carbons (Fsp3) is 0.900. The number of likely N-dealkylation sites (tertiary alicyclic amines) is 1. The highest BCUT2D eigenvalue weighted by atomic mass is 127. The minimum absolute atomic E-state index is 0.109. The summed E-state index contributed by atoms with van der Waals surface area (Å²) in [5.41, 5.74) is -0.520. The van der Waals surface area contributed by atoms with Crippen LogP contribution in [0, 0.1) is 0 Å². The van der Waals surface area contributed by atoms with E-state index >= 15 is 0 Å². The van der Waals surface area contributed by atoms with E-state index in [2.05, 4.69) is 0 Å². The Hall–Kier alpha value is 0.270. The van der Waals surface area contributed by atoms with Crippen LogP contribution in [0.1, 0.15) is 27.2 Å². The first kappa shape index (κ1) is 15.3. The highest BCUT2D eigenvalue weighted by Gasteiger charge is 2.36. The minimum atomic E-state index is -0.520. The predicted octanol–water partition coefficient (Wildman–Crippen LogP) is 2.37. The number of carbonyl (C=O) groups is 1. The molecule has 1 heterocycles. The average molecular weight is 375 g/mol. The number of aliphatic hydroxyl groups is 1. The first-order chi connectivity index (χ1) is 7.83. The molecule has 1 amide bonds. The largest absolute Gasteiger partial charge is 0.444 e. The molecule has 7 heteroatoms. The van der Waals surface area contributed by atoms with Gasteiger partial charge in [0, 0.05) is 21.2 Å². The normalized spacial score (nSPS) is 25.1. The summed E-state index contributed by atoms with van der Waals surface area (Å²) >= 11 is 2.02. The molecule has 17 heavy (non-hydrogen) atoms. The maximum atomic E-state index is 11.9. The second kappa shape index (κ2) is 6.44. The lowest BCUT2D eigenvalue weighted by Crippen LogP contribution is -2.41. The molecule has 0 bridgehead atoms. The fourth-order valence-electron chi connectivity index (χ4n) is 1.70. The van der Waals surface area contributed by atoms with Gasteiger partial charge in [-0.25, -0.2) is 4.79 Å². The Labute approximate surface area is 118 Å². The Bertz CT molecular complexity index is 272. The van der Waals surface area contributed by atoms with Crippen molar-refractivity contribution in [2.24, 2.45) is 0 Å². The number of halogens is 1. The monoisotopic (exact) mass is 375 g/mol. The molecular weight excluding hydrogens is 357 g/mol. The number of hydrogen-bond acceptors (Lipinski definition) is 5. The SMILES string of the molecule is CC(C)(C)OC(=O)N1CC(O)CC1COSI. The summed E-state index contributed by atoms with van der Waals surface area (Å²) in [5, 5.41) is 9.60. The van der Waals surface area contributed by atoms with Crippen molar-refractivity contribution in [3.63, 3.8) is 0 Å². The second-order valence-electron chi connectivity index (χ2n) is 5.02. The lowest BCUT2D eigenvalue weighted by Gasteiger charge is -2.27. The molecule has 0 radical (unpaired) electrons. The fourth-order valence-corrected chi connectivity index (χ4v) is 2.35. The van der Waals surface area contributed by atoms with Gasteiger partial charge in [-0.15, -0.1) is 0 Å². The van der Waals surface area contributed by atoms with Gasteiger partial charge in [0.2, 0.25) is 0 Å². The second-order valence-corrected chi connectivity index (χ2v) is 6.46. The molecule has 1 N–H and O–H groups in total. The Balaban J connectivity index is 2.57. The summed E-state index contributed by atoms with van der Waals surface area (Å²) in [6, 6.07) is -0.109. The van der Waals surface area contributed by atoms with Crippen LogP contribution in [0.2, 0.25) is 0 Å². The van der Waals surface area contributed by atoms with Gasteiger partial charge in [-0.1, -0.05) is 0 Å². The number of ether oxygens (including phenoxy) is 1. The van der Waals surface area contributed by atoms with Gasteiger partial charge in [0.25, 0.3) is 0 Å². The van der Waals surface area contributed by atoms with E-state index in [1.807, 2.05) is 42.0 Å². The molecule has 1 aliphatic heterocycles. The molecule has 1 rings (SSSR count). The summed E-state index contributed by atoms with van der Waals surface area (Å²) in [5.74, 6) is 0. The molecule has 1 aliphatic rings. The first-order valence-corrected chi connectivity index (χ1v) is 8.70. The third kappa shape index (κ3) is 5.19. The average Bonchev–Trinajstić information content (AvgIpc) is 2.54. The van der Waals surface area contributed by atoms with Crippen molar-refractivity contribution >= 4 is 36.5 Å². The molecule has 2 atom stereocenters. The molecule has 1 saturated heterocycles. The molecule has 100 valence electrons. The number of hydrogen-bond donors (Lipinski definition) is 1. The number of rotatable bonds is 3. The van der Waals surface area contributed by atoms with Crippen molar-refractivity contribution in [1.82, 2.24) is 4.90 Å². The van der Waals surface area contributed by atoms with Gasteiger partial charge in [0.1, 0.15) is 5.60 Å². The van der Waals surface area contributed by atoms with Gasteiger partial charge in [-0.05, 0) is 27.2 Å². The third-order valence-corrected chi connectivity index (χ3v) is 3.31. The Morgan fingerprint density at radius 1 is 1.59 bits per heavy atom. The van der Waals surface area contributed by atoms with Crippen molar-refractivity contribution in [1.29, 1.82) is 0 Å². The number of aliphatic hydroxyl groups excluding tert-OH is 1. The first-order valence-electron chi connectivity index (χ1n) is 5.41. The zero-order valence-corrected chi connectivity index (χ0v) is 13.2. The van der Waals surface area contributed by atoms with Crippen molar-refractivity contribution in [2.75, 3.05) is 13.2 Å². The molecule has 0 aromatic carbocycles. The highest BCUT2D eigenvalue weighted by Crippen LogP contribution is 2.23. The van der Waals surface area contributed by atoms with E-state index in [9.17, 15) is 9.90 Å². The molecule has 2 unspecified atom stereocenters. The minimum Gasteiger partial charge on any atom is -0.444 e. The van der Waals surface area contributed by atoms with E-state index in [1.54, 1.807) is 4.90 Å². The van der Waals surface area contributed by atoms with Crippen LogP contribution >= 0.6 is 30.4 Å². The summed E-state index contributed by atoms with van der Waals surface area (Å²) in [7, 11) is 1.23. The smallest absolute Gasteiger partial charge is 0.410 e. The molecule has 0 aromatic heterocycles. The van der Waals surface area contributed by atoms with E-state index in [-0.39, 0.29) is 12.1 Å². The molecule has 1 fully saturated rings. The van der Waals surface area contributed by atoms with Crippen LogP contribution in [0.5, 0.6) is 0 Å². The van der Waals surface area contributed by atoms with Crippen LogP contribution in [0.3, 0.4) is 0 Å². The third-order valence-electron chi connectivity index (χ3n) is 2.33. The number of amides is 1. The molecular formula is C10H18INO4S. The predicted molar refractivity (Wildman–Crippen MR) is 74.9 cm³/mol. The number of nitrogens with zero attached hydrogens (tertiary/aromatic N) is 1. The van der Waals surface area contributed by atoms with E-state index < -0.39 is 11.7 Å². The van der Waals surface area contributed by atoms with Crippen LogP contribution in [-0.2, 0) is 8.92 Å². The Kier molecular flexibility index (Phi) is 5.81. The Morgan fingerprint density at radius 3 is 2.76 bits per heavy atom. The van der Waals surface area contributed by atoms with Gasteiger partial charge in [-0.3, -0.25) is 0 Å². The lowest BCUT2D eigenvalue weighted by molar-refractivity contribution is 0.0180. The van der Waals surface area contributed by atoms with Crippen LogP contribution in [-0.4, -0.2) is 47.0 Å². The number of carbonyl (C=O) groups excluding carboxylic acids is 1. The molecule has 5 nitrogen and oxygen atoms in total. The van der Waals surface area contributed by atoms with Gasteiger partial charge >= 0.3 is 6.09 Å². The quantitative estimate of drug-likeness (QED) is 0.606. The zero-order valence-electron chi connectivity index (χ0n) is 10.2. The van der Waals surface area contributed by atoms with E-state index in [0.29, 0.717) is 19.6 Å². The van der Waals surface area contributed by atoms with Crippen LogP contribution in [0.15, 0.2) is 0 Å². The summed E-state index contributed by atoms with van der Waals surface area (Å²) < 4.78 is 10.5.